The first-order chi connectivity index (χ1) is 10.4. The van der Waals surface area contributed by atoms with Crippen LogP contribution in [0.1, 0.15) is 19.0 Å². The fourth-order valence-electron chi connectivity index (χ4n) is 2.03. The quantitative estimate of drug-likeness (QED) is 0.653. The van der Waals surface area contributed by atoms with Crippen LogP contribution >= 0.6 is 0 Å². The van der Waals surface area contributed by atoms with E-state index in [4.69, 9.17) is 0 Å². The van der Waals surface area contributed by atoms with Crippen LogP contribution in [0.4, 0.5) is 22.9 Å². The largest absolute Gasteiger partial charge is 0.335 e. The molecule has 8 nitrogen and oxygen atoms in total. The number of aryl methyl sites for hydroxylation is 2. The molecule has 0 saturated carbocycles. The normalized spacial score (nSPS) is 10.3. The van der Waals surface area contributed by atoms with Crippen molar-refractivity contribution < 1.29 is 9.72 Å². The Balaban J connectivity index is 2.21. The smallest absolute Gasteiger partial charge is 0.334 e. The molecule has 0 fully saturated rings. The van der Waals surface area contributed by atoms with Crippen molar-refractivity contribution in [2.45, 2.75) is 20.3 Å². The molecule has 1 amide bonds. The number of carbonyl (C=O) groups excluding carboxylic acids is 1. The van der Waals surface area contributed by atoms with Crippen LogP contribution in [-0.2, 0) is 11.8 Å². The molecule has 8 heteroatoms. The van der Waals surface area contributed by atoms with Crippen molar-refractivity contribution in [3.63, 3.8) is 0 Å². The summed E-state index contributed by atoms with van der Waals surface area (Å²) >= 11 is 0. The zero-order valence-corrected chi connectivity index (χ0v) is 12.6. The molecule has 0 unspecified atom stereocenters. The maximum absolute atomic E-state index is 11.3. The Morgan fingerprint density at radius 2 is 1.91 bits per heavy atom. The van der Waals surface area contributed by atoms with E-state index in [1.165, 1.54) is 4.68 Å². The number of hydrogen-bond acceptors (Lipinski definition) is 5. The highest BCUT2D eigenvalue weighted by atomic mass is 16.6. The lowest BCUT2D eigenvalue weighted by Gasteiger charge is -2.08. The second-order valence-corrected chi connectivity index (χ2v) is 4.77. The van der Waals surface area contributed by atoms with Crippen molar-refractivity contribution in [1.29, 1.82) is 0 Å². The summed E-state index contributed by atoms with van der Waals surface area (Å²) in [6.07, 6.45) is 0.403. The third-order valence-corrected chi connectivity index (χ3v) is 3.13. The minimum atomic E-state index is -0.458. The maximum atomic E-state index is 11.3. The minimum Gasteiger partial charge on any atom is -0.335 e. The number of nitrogens with zero attached hydrogens (tertiary/aromatic N) is 3. The first-order valence-electron chi connectivity index (χ1n) is 6.77. The van der Waals surface area contributed by atoms with Gasteiger partial charge in [0.15, 0.2) is 0 Å². The second kappa shape index (κ2) is 6.25. The van der Waals surface area contributed by atoms with Crippen LogP contribution < -0.4 is 10.6 Å². The van der Waals surface area contributed by atoms with Crippen LogP contribution in [0.2, 0.25) is 0 Å². The van der Waals surface area contributed by atoms with E-state index in [0.29, 0.717) is 29.3 Å². The van der Waals surface area contributed by atoms with Gasteiger partial charge in [0.2, 0.25) is 11.7 Å². The van der Waals surface area contributed by atoms with Crippen molar-refractivity contribution in [3.05, 3.63) is 40.1 Å². The molecule has 22 heavy (non-hydrogen) atoms. The Kier molecular flexibility index (Phi) is 4.40. The number of benzene rings is 1. The molecule has 0 radical (unpaired) electrons. The first kappa shape index (κ1) is 15.5. The van der Waals surface area contributed by atoms with Crippen LogP contribution in [0.5, 0.6) is 0 Å². The number of rotatable bonds is 5. The molecule has 2 rings (SSSR count). The topological polar surface area (TPSA) is 102 Å². The maximum Gasteiger partial charge on any atom is 0.334 e. The molecule has 1 aromatic carbocycles. The molecular formula is C14H17N5O3. The molecule has 0 atom stereocenters. The van der Waals surface area contributed by atoms with Crippen LogP contribution in [0.3, 0.4) is 0 Å². The number of aromatic nitrogens is 2. The lowest BCUT2D eigenvalue weighted by atomic mass is 10.2. The summed E-state index contributed by atoms with van der Waals surface area (Å²) in [7, 11) is 1.64. The molecule has 1 aromatic heterocycles. The van der Waals surface area contributed by atoms with Crippen molar-refractivity contribution in [3.8, 4) is 0 Å². The van der Waals surface area contributed by atoms with E-state index in [1.54, 1.807) is 45.2 Å². The Bertz CT molecular complexity index is 706. The second-order valence-electron chi connectivity index (χ2n) is 4.77. The highest BCUT2D eigenvalue weighted by Crippen LogP contribution is 2.30. The predicted molar refractivity (Wildman–Crippen MR) is 83.2 cm³/mol. The van der Waals surface area contributed by atoms with Gasteiger partial charge in [-0.25, -0.2) is 4.68 Å². The summed E-state index contributed by atoms with van der Waals surface area (Å²) in [5.74, 6) is 0.242. The van der Waals surface area contributed by atoms with Gasteiger partial charge in [-0.15, -0.1) is 0 Å². The van der Waals surface area contributed by atoms with Gasteiger partial charge in [-0.1, -0.05) is 6.92 Å². The number of carbonyl (C=O) groups is 1. The van der Waals surface area contributed by atoms with E-state index in [1.807, 2.05) is 0 Å². The SMILES string of the molecule is CCC(=O)Nc1ccc(Nc2c([N+](=O)[O-])c(C)nn2C)cc1. The molecule has 0 saturated heterocycles. The van der Waals surface area contributed by atoms with E-state index in [9.17, 15) is 14.9 Å². The Labute approximate surface area is 127 Å². The first-order valence-corrected chi connectivity index (χ1v) is 6.77. The zero-order chi connectivity index (χ0) is 16.3. The molecular weight excluding hydrogens is 286 g/mol. The average Bonchev–Trinajstić information content (AvgIpc) is 2.75. The summed E-state index contributed by atoms with van der Waals surface area (Å²) < 4.78 is 1.43. The van der Waals surface area contributed by atoms with Gasteiger partial charge >= 0.3 is 5.69 Å². The number of nitro groups is 1. The van der Waals surface area contributed by atoms with Crippen LogP contribution in [-0.4, -0.2) is 20.6 Å². The van der Waals surface area contributed by atoms with E-state index in [0.717, 1.165) is 0 Å². The minimum absolute atomic E-state index is 0.0501. The van der Waals surface area contributed by atoms with Gasteiger partial charge in [0.25, 0.3) is 0 Å². The van der Waals surface area contributed by atoms with E-state index >= 15 is 0 Å². The molecule has 1 heterocycles. The standard InChI is InChI=1S/C14H17N5O3/c1-4-12(20)15-10-5-7-11(8-6-10)16-14-13(19(21)22)9(2)17-18(14)3/h5-8,16H,4H2,1-3H3,(H,15,20). The Morgan fingerprint density at radius 1 is 1.32 bits per heavy atom. The molecule has 0 bridgehead atoms. The van der Waals surface area contributed by atoms with Crippen LogP contribution in [0.15, 0.2) is 24.3 Å². The van der Waals surface area contributed by atoms with Crippen molar-refractivity contribution in [2.75, 3.05) is 10.6 Å². The van der Waals surface area contributed by atoms with Gasteiger partial charge in [-0.05, 0) is 31.2 Å². The van der Waals surface area contributed by atoms with E-state index < -0.39 is 4.92 Å². The predicted octanol–water partition coefficient (Wildman–Crippen LogP) is 2.73. The van der Waals surface area contributed by atoms with E-state index in [2.05, 4.69) is 15.7 Å². The van der Waals surface area contributed by atoms with Gasteiger partial charge < -0.3 is 10.6 Å². The zero-order valence-electron chi connectivity index (χ0n) is 12.6. The molecule has 0 spiro atoms. The summed E-state index contributed by atoms with van der Waals surface area (Å²) in [5.41, 5.74) is 1.64. The van der Waals surface area contributed by atoms with Gasteiger partial charge in [0, 0.05) is 24.8 Å². The number of hydrogen-bond donors (Lipinski definition) is 2. The monoisotopic (exact) mass is 303 g/mol. The van der Waals surface area contributed by atoms with Gasteiger partial charge in [0.1, 0.15) is 5.69 Å². The van der Waals surface area contributed by atoms with Crippen LogP contribution in [0, 0.1) is 17.0 Å². The molecule has 0 aliphatic rings. The molecule has 0 aliphatic carbocycles. The Hall–Kier alpha value is -2.90. The third kappa shape index (κ3) is 3.22. The van der Waals surface area contributed by atoms with Gasteiger partial charge in [0.05, 0.1) is 4.92 Å². The third-order valence-electron chi connectivity index (χ3n) is 3.13. The van der Waals surface area contributed by atoms with E-state index in [-0.39, 0.29) is 11.6 Å². The highest BCUT2D eigenvalue weighted by Gasteiger charge is 2.23. The summed E-state index contributed by atoms with van der Waals surface area (Å²) in [4.78, 5) is 22.0. The summed E-state index contributed by atoms with van der Waals surface area (Å²) in [6, 6.07) is 6.92. The number of anilines is 3. The Morgan fingerprint density at radius 3 is 2.45 bits per heavy atom. The number of amides is 1. The summed E-state index contributed by atoms with van der Waals surface area (Å²) in [5, 5.41) is 20.9. The van der Waals surface area contributed by atoms with Gasteiger partial charge in [-0.3, -0.25) is 14.9 Å². The molecule has 116 valence electrons. The molecule has 0 aliphatic heterocycles. The van der Waals surface area contributed by atoms with Crippen molar-refractivity contribution in [2.24, 2.45) is 7.05 Å². The fraction of sp³-hybridized carbons (Fsp3) is 0.286. The number of nitrogens with one attached hydrogen (secondary N) is 2. The summed E-state index contributed by atoms with van der Waals surface area (Å²) in [6.45, 7) is 3.36. The van der Waals surface area contributed by atoms with Gasteiger partial charge in [-0.2, -0.15) is 5.10 Å². The molecule has 2 N–H and O–H groups in total. The van der Waals surface area contributed by atoms with Crippen molar-refractivity contribution in [1.82, 2.24) is 9.78 Å². The average molecular weight is 303 g/mol. The van der Waals surface area contributed by atoms with Crippen molar-refractivity contribution >= 4 is 28.8 Å². The lowest BCUT2D eigenvalue weighted by molar-refractivity contribution is -0.384. The van der Waals surface area contributed by atoms with Crippen LogP contribution in [0.25, 0.3) is 0 Å². The highest BCUT2D eigenvalue weighted by molar-refractivity contribution is 5.90. The molecule has 2 aromatic rings. The fourth-order valence-corrected chi connectivity index (χ4v) is 2.03. The lowest BCUT2D eigenvalue weighted by Crippen LogP contribution is -2.09.